The molecule has 0 unspecified atom stereocenters. The first-order chi connectivity index (χ1) is 14.8. The van der Waals surface area contributed by atoms with Gasteiger partial charge in [-0.15, -0.1) is 5.41 Å². The Balaban J connectivity index is 0.000000346. The molecule has 0 fully saturated rings. The van der Waals surface area contributed by atoms with Crippen molar-refractivity contribution in [3.8, 4) is 0 Å². The van der Waals surface area contributed by atoms with E-state index in [1.807, 2.05) is 13.8 Å². The van der Waals surface area contributed by atoms with Crippen LogP contribution in [0.5, 0.6) is 0 Å². The van der Waals surface area contributed by atoms with E-state index in [1.165, 1.54) is 15.9 Å². The monoisotopic (exact) mass is 541 g/mol. The maximum atomic E-state index is 10.0. The van der Waals surface area contributed by atoms with Crippen LogP contribution in [0.25, 0.3) is 0 Å². The SMILES string of the molecule is [CH2-]C(C)(C)/C(C)=N/OCC(=O)O.[Pd].c1ccc([PH+](c2ccccc2)c2ccccc2)cc1. The zero-order chi connectivity index (χ0) is 22.7. The maximum Gasteiger partial charge on any atom is 0.344 e. The van der Waals surface area contributed by atoms with E-state index in [4.69, 9.17) is 5.11 Å². The predicted molar refractivity (Wildman–Crippen MR) is 132 cm³/mol. The fraction of sp³-hybridized carbons (Fsp3) is 0.192. The van der Waals surface area contributed by atoms with Crippen LogP contribution >= 0.6 is 7.92 Å². The van der Waals surface area contributed by atoms with Crippen LogP contribution in [0.1, 0.15) is 20.8 Å². The van der Waals surface area contributed by atoms with Crippen molar-refractivity contribution >= 4 is 35.5 Å². The van der Waals surface area contributed by atoms with Crippen LogP contribution in [0.2, 0.25) is 0 Å². The Kier molecular flexibility index (Phi) is 12.1. The van der Waals surface area contributed by atoms with Crippen LogP contribution in [0.15, 0.2) is 96.2 Å². The molecule has 172 valence electrons. The van der Waals surface area contributed by atoms with Gasteiger partial charge in [-0.25, -0.2) is 4.79 Å². The molecule has 32 heavy (non-hydrogen) atoms. The average molecular weight is 542 g/mol. The molecule has 0 bridgehead atoms. The predicted octanol–water partition coefficient (Wildman–Crippen LogP) is 4.50. The Bertz CT molecular complexity index is 865. The minimum Gasteiger partial charge on any atom is -0.479 e. The smallest absolute Gasteiger partial charge is 0.344 e. The Morgan fingerprint density at radius 1 is 0.875 bits per heavy atom. The number of hydrogen-bond acceptors (Lipinski definition) is 3. The molecule has 6 heteroatoms. The molecule has 3 rings (SSSR count). The molecule has 0 heterocycles. The quantitative estimate of drug-likeness (QED) is 0.158. The first-order valence-electron chi connectivity index (χ1n) is 10.1. The van der Waals surface area contributed by atoms with Gasteiger partial charge < -0.3 is 16.9 Å². The van der Waals surface area contributed by atoms with Gasteiger partial charge in [0.2, 0.25) is 6.61 Å². The molecule has 0 aliphatic heterocycles. The number of rotatable bonds is 7. The third kappa shape index (κ3) is 9.45. The number of aliphatic carboxylic acids is 1. The van der Waals surface area contributed by atoms with Crippen molar-refractivity contribution in [1.82, 2.24) is 0 Å². The van der Waals surface area contributed by atoms with Gasteiger partial charge in [0.25, 0.3) is 0 Å². The van der Waals surface area contributed by atoms with Gasteiger partial charge in [0.1, 0.15) is 15.9 Å². The van der Waals surface area contributed by atoms with E-state index in [0.29, 0.717) is 5.71 Å². The molecule has 0 saturated carbocycles. The van der Waals surface area contributed by atoms with Gasteiger partial charge in [0.15, 0.2) is 0 Å². The van der Waals surface area contributed by atoms with Crippen LogP contribution in [0.4, 0.5) is 0 Å². The van der Waals surface area contributed by atoms with Gasteiger partial charge in [-0.3, -0.25) is 0 Å². The molecule has 0 aliphatic rings. The molecule has 0 aliphatic carbocycles. The van der Waals surface area contributed by atoms with Crippen LogP contribution in [-0.2, 0) is 30.1 Å². The average Bonchev–Trinajstić information content (AvgIpc) is 2.76. The fourth-order valence-electron chi connectivity index (χ4n) is 2.62. The number of carboxylic acids is 1. The fourth-order valence-corrected chi connectivity index (χ4v) is 5.20. The van der Waals surface area contributed by atoms with Crippen molar-refractivity contribution in [3.63, 3.8) is 0 Å². The summed E-state index contributed by atoms with van der Waals surface area (Å²) in [4.78, 5) is 14.6. The summed E-state index contributed by atoms with van der Waals surface area (Å²) in [5, 5.41) is 16.1. The van der Waals surface area contributed by atoms with Gasteiger partial charge in [0.05, 0.1) is 7.92 Å². The second-order valence-electron chi connectivity index (χ2n) is 7.70. The summed E-state index contributed by atoms with van der Waals surface area (Å²) in [5.74, 6) is -1.03. The van der Waals surface area contributed by atoms with E-state index in [0.717, 1.165) is 0 Å². The number of oxime groups is 1. The molecule has 4 nitrogen and oxygen atoms in total. The van der Waals surface area contributed by atoms with Gasteiger partial charge in [-0.2, -0.15) is 0 Å². The van der Waals surface area contributed by atoms with Crippen molar-refractivity contribution in [1.29, 1.82) is 0 Å². The minimum absolute atomic E-state index is 0. The van der Waals surface area contributed by atoms with E-state index in [2.05, 4.69) is 108 Å². The number of carboxylic acid groups (broad SMARTS) is 1. The third-order valence-corrected chi connectivity index (χ3v) is 7.29. The molecular formula is C26H30NO3PPd. The van der Waals surface area contributed by atoms with Gasteiger partial charge >= 0.3 is 5.97 Å². The van der Waals surface area contributed by atoms with Crippen molar-refractivity contribution in [2.45, 2.75) is 20.8 Å². The normalized spacial score (nSPS) is 11.1. The summed E-state index contributed by atoms with van der Waals surface area (Å²) in [6, 6.07) is 32.5. The second kappa shape index (κ2) is 14.0. The van der Waals surface area contributed by atoms with Gasteiger partial charge in [-0.05, 0) is 43.3 Å². The van der Waals surface area contributed by atoms with Crippen LogP contribution < -0.4 is 15.9 Å². The number of carbonyl (C=O) groups is 1. The molecule has 0 atom stereocenters. The molecule has 0 spiro atoms. The summed E-state index contributed by atoms with van der Waals surface area (Å²) >= 11 is 0. The summed E-state index contributed by atoms with van der Waals surface area (Å²) in [6.45, 7) is 8.89. The number of nitrogens with zero attached hydrogens (tertiary/aromatic N) is 1. The minimum atomic E-state index is -1.03. The maximum absolute atomic E-state index is 10.0. The third-order valence-electron chi connectivity index (χ3n) is 4.56. The Morgan fingerprint density at radius 2 is 1.22 bits per heavy atom. The van der Waals surface area contributed by atoms with Crippen molar-refractivity contribution in [2.75, 3.05) is 6.61 Å². The number of benzene rings is 3. The number of hydrogen-bond donors (Lipinski definition) is 1. The van der Waals surface area contributed by atoms with Crippen molar-refractivity contribution in [2.24, 2.45) is 10.6 Å². The molecule has 0 saturated heterocycles. The van der Waals surface area contributed by atoms with Crippen LogP contribution in [-0.4, -0.2) is 23.4 Å². The van der Waals surface area contributed by atoms with Crippen LogP contribution in [0, 0.1) is 12.3 Å². The van der Waals surface area contributed by atoms with E-state index in [-0.39, 0.29) is 25.8 Å². The first-order valence-corrected chi connectivity index (χ1v) is 11.6. The molecule has 1 N–H and O–H groups in total. The van der Waals surface area contributed by atoms with E-state index in [1.54, 1.807) is 6.92 Å². The Labute approximate surface area is 206 Å². The Morgan fingerprint density at radius 3 is 1.50 bits per heavy atom. The van der Waals surface area contributed by atoms with Crippen LogP contribution in [0.3, 0.4) is 0 Å². The van der Waals surface area contributed by atoms with E-state index < -0.39 is 20.5 Å². The topological polar surface area (TPSA) is 58.9 Å². The standard InChI is InChI=1S/C18H15P.C8H14NO3.Pd/c1-4-10-16(11-5-1)19(17-12-6-2-7-13-17)18-14-8-3-9-15-18;1-6(8(2,3)4)9-12-5-7(10)11;/h1-15H;2,5H2,1,3-4H3,(H,10,11);/q;-1;/p+1/b;9-6+;. The second-order valence-corrected chi connectivity index (χ2v) is 10.2. The molecule has 0 aromatic heterocycles. The van der Waals surface area contributed by atoms with E-state index in [9.17, 15) is 4.79 Å². The molecule has 3 aromatic rings. The first kappa shape index (κ1) is 27.7. The van der Waals surface area contributed by atoms with E-state index >= 15 is 0 Å². The molecular weight excluding hydrogens is 512 g/mol. The summed E-state index contributed by atoms with van der Waals surface area (Å²) in [6.07, 6.45) is 0. The summed E-state index contributed by atoms with van der Waals surface area (Å²) in [7, 11) is -0.877. The summed E-state index contributed by atoms with van der Waals surface area (Å²) in [5.41, 5.74) is 0.349. The van der Waals surface area contributed by atoms with Gasteiger partial charge in [-0.1, -0.05) is 73.6 Å². The molecule has 0 radical (unpaired) electrons. The largest absolute Gasteiger partial charge is 0.479 e. The molecule has 0 amide bonds. The summed E-state index contributed by atoms with van der Waals surface area (Å²) < 4.78 is 0. The zero-order valence-electron chi connectivity index (χ0n) is 18.6. The van der Waals surface area contributed by atoms with Gasteiger partial charge in [0, 0.05) is 26.1 Å². The Hall–Kier alpha value is -2.31. The van der Waals surface area contributed by atoms with Crippen molar-refractivity contribution < 1.29 is 35.2 Å². The zero-order valence-corrected chi connectivity index (χ0v) is 21.2. The molecule has 3 aromatic carbocycles. The van der Waals surface area contributed by atoms with Crippen molar-refractivity contribution in [3.05, 3.63) is 97.9 Å².